The van der Waals surface area contributed by atoms with Crippen LogP contribution in [0.5, 0.6) is 0 Å². The summed E-state index contributed by atoms with van der Waals surface area (Å²) >= 11 is 1.39. The Bertz CT molecular complexity index is 812. The van der Waals surface area contributed by atoms with E-state index in [1.54, 1.807) is 18.2 Å². The minimum Gasteiger partial charge on any atom is -0.337 e. The number of piperidine rings is 1. The molecule has 2 unspecified atom stereocenters. The van der Waals surface area contributed by atoms with Crippen molar-refractivity contribution >= 4 is 17.7 Å². The number of carbonyl (C=O) groups is 1. The highest BCUT2D eigenvalue weighted by Crippen LogP contribution is 2.28. The van der Waals surface area contributed by atoms with E-state index in [2.05, 4.69) is 37.9 Å². The molecule has 2 atom stereocenters. The zero-order valence-corrected chi connectivity index (χ0v) is 17.9. The fourth-order valence-electron chi connectivity index (χ4n) is 3.88. The number of carbonyl (C=O) groups excluding carboxylic acids is 1. The molecule has 0 aliphatic carbocycles. The van der Waals surface area contributed by atoms with E-state index in [9.17, 15) is 9.18 Å². The number of amides is 1. The molecule has 0 spiro atoms. The normalized spacial score (nSPS) is 20.0. The maximum Gasteiger partial charge on any atom is 0.233 e. The van der Waals surface area contributed by atoms with Gasteiger partial charge in [0.05, 0.1) is 11.3 Å². The van der Waals surface area contributed by atoms with Gasteiger partial charge in [-0.2, -0.15) is 0 Å². The number of halogens is 1. The smallest absolute Gasteiger partial charge is 0.233 e. The first-order chi connectivity index (χ1) is 13.4. The molecule has 152 valence electrons. The first-order valence-corrected chi connectivity index (χ1v) is 11.0. The maximum atomic E-state index is 14.3. The average Bonchev–Trinajstić information content (AvgIpc) is 3.02. The molecule has 28 heavy (non-hydrogen) atoms. The van der Waals surface area contributed by atoms with E-state index in [0.29, 0.717) is 34.8 Å². The fourth-order valence-corrected chi connectivity index (χ4v) is 4.70. The van der Waals surface area contributed by atoms with Crippen LogP contribution in [0.4, 0.5) is 4.39 Å². The Hall–Kier alpha value is -1.89. The van der Waals surface area contributed by atoms with Crippen molar-refractivity contribution in [2.75, 3.05) is 5.75 Å². The topological polar surface area (TPSA) is 51.0 Å². The minimum absolute atomic E-state index is 0.135. The summed E-state index contributed by atoms with van der Waals surface area (Å²) in [6.45, 7) is 9.11. The van der Waals surface area contributed by atoms with Crippen molar-refractivity contribution in [1.82, 2.24) is 19.7 Å². The summed E-state index contributed by atoms with van der Waals surface area (Å²) < 4.78 is 16.2. The number of hydrogen-bond donors (Lipinski definition) is 0. The molecular formula is C21H29FN4OS. The average molecular weight is 405 g/mol. The van der Waals surface area contributed by atoms with Gasteiger partial charge in [0.1, 0.15) is 5.82 Å². The van der Waals surface area contributed by atoms with Crippen molar-refractivity contribution in [1.29, 1.82) is 0 Å². The van der Waals surface area contributed by atoms with Gasteiger partial charge in [-0.1, -0.05) is 37.7 Å². The Balaban J connectivity index is 1.80. The number of thioether (sulfide) groups is 1. The Morgan fingerprint density at radius 1 is 1.21 bits per heavy atom. The lowest BCUT2D eigenvalue weighted by atomic mass is 9.98. The van der Waals surface area contributed by atoms with Crippen LogP contribution in [0.15, 0.2) is 29.4 Å². The van der Waals surface area contributed by atoms with E-state index in [-0.39, 0.29) is 23.8 Å². The number of likely N-dealkylation sites (tertiary alicyclic amines) is 1. The molecule has 7 heteroatoms. The number of benzene rings is 1. The molecule has 0 bridgehead atoms. The number of hydrogen-bond acceptors (Lipinski definition) is 4. The predicted octanol–water partition coefficient (Wildman–Crippen LogP) is 4.62. The molecular weight excluding hydrogens is 375 g/mol. The fraction of sp³-hybridized carbons (Fsp3) is 0.571. The van der Waals surface area contributed by atoms with Gasteiger partial charge in [0.25, 0.3) is 0 Å². The van der Waals surface area contributed by atoms with Crippen LogP contribution in [0.2, 0.25) is 0 Å². The summed E-state index contributed by atoms with van der Waals surface area (Å²) in [5, 5.41) is 9.19. The van der Waals surface area contributed by atoms with Crippen molar-refractivity contribution in [2.45, 2.75) is 70.7 Å². The monoisotopic (exact) mass is 404 g/mol. The highest BCUT2D eigenvalue weighted by molar-refractivity contribution is 7.99. The van der Waals surface area contributed by atoms with Crippen LogP contribution >= 0.6 is 11.8 Å². The summed E-state index contributed by atoms with van der Waals surface area (Å²) in [4.78, 5) is 14.9. The van der Waals surface area contributed by atoms with Gasteiger partial charge < -0.3 is 9.47 Å². The van der Waals surface area contributed by atoms with Crippen LogP contribution in [-0.2, 0) is 11.3 Å². The SMILES string of the molecule is CC(C)Cn1c(SCC(=O)N2C(C)CCCC2C)nnc1-c1ccccc1F. The van der Waals surface area contributed by atoms with Crippen LogP contribution in [0, 0.1) is 11.7 Å². The number of aromatic nitrogens is 3. The first kappa shape index (κ1) is 20.8. The zero-order chi connectivity index (χ0) is 20.3. The molecule has 1 aromatic heterocycles. The van der Waals surface area contributed by atoms with Gasteiger partial charge in [-0.3, -0.25) is 4.79 Å². The third kappa shape index (κ3) is 4.57. The van der Waals surface area contributed by atoms with Gasteiger partial charge >= 0.3 is 0 Å². The molecule has 1 aromatic carbocycles. The number of nitrogens with zero attached hydrogens (tertiary/aromatic N) is 4. The molecule has 1 saturated heterocycles. The van der Waals surface area contributed by atoms with Crippen LogP contribution in [0.25, 0.3) is 11.4 Å². The van der Waals surface area contributed by atoms with E-state index in [0.717, 1.165) is 12.8 Å². The summed E-state index contributed by atoms with van der Waals surface area (Å²) in [7, 11) is 0. The van der Waals surface area contributed by atoms with E-state index in [1.165, 1.54) is 24.2 Å². The van der Waals surface area contributed by atoms with Crippen LogP contribution in [0.3, 0.4) is 0 Å². The van der Waals surface area contributed by atoms with Gasteiger partial charge in [-0.15, -0.1) is 10.2 Å². The highest BCUT2D eigenvalue weighted by atomic mass is 32.2. The van der Waals surface area contributed by atoms with Crippen LogP contribution in [0.1, 0.15) is 47.0 Å². The molecule has 3 rings (SSSR count). The van der Waals surface area contributed by atoms with Crippen molar-refractivity contribution in [3.05, 3.63) is 30.1 Å². The minimum atomic E-state index is -0.316. The third-order valence-corrected chi connectivity index (χ3v) is 6.14. The Morgan fingerprint density at radius 2 is 1.89 bits per heavy atom. The second-order valence-electron chi connectivity index (χ2n) is 8.01. The van der Waals surface area contributed by atoms with E-state index < -0.39 is 0 Å². The van der Waals surface area contributed by atoms with Gasteiger partial charge in [0.2, 0.25) is 5.91 Å². The lowest BCUT2D eigenvalue weighted by Crippen LogP contribution is -2.48. The van der Waals surface area contributed by atoms with Gasteiger partial charge in [0, 0.05) is 18.6 Å². The zero-order valence-electron chi connectivity index (χ0n) is 17.1. The highest BCUT2D eigenvalue weighted by Gasteiger charge is 2.29. The van der Waals surface area contributed by atoms with E-state index in [4.69, 9.17) is 0 Å². The van der Waals surface area contributed by atoms with Crippen molar-refractivity contribution in [3.63, 3.8) is 0 Å². The lowest BCUT2D eigenvalue weighted by Gasteiger charge is -2.39. The molecule has 0 radical (unpaired) electrons. The molecule has 0 N–H and O–H groups in total. The van der Waals surface area contributed by atoms with Crippen LogP contribution in [-0.4, -0.2) is 43.4 Å². The molecule has 1 fully saturated rings. The molecule has 2 aromatic rings. The third-order valence-electron chi connectivity index (χ3n) is 5.19. The summed E-state index contributed by atoms with van der Waals surface area (Å²) in [5.74, 6) is 1.00. The van der Waals surface area contributed by atoms with Gasteiger partial charge in [-0.05, 0) is 51.2 Å². The first-order valence-electron chi connectivity index (χ1n) is 10.0. The molecule has 2 heterocycles. The van der Waals surface area contributed by atoms with Crippen LogP contribution < -0.4 is 0 Å². The van der Waals surface area contributed by atoms with Crippen molar-refractivity contribution < 1.29 is 9.18 Å². The molecule has 1 aliphatic heterocycles. The quantitative estimate of drug-likeness (QED) is 0.659. The molecule has 5 nitrogen and oxygen atoms in total. The van der Waals surface area contributed by atoms with Gasteiger partial charge in [-0.25, -0.2) is 4.39 Å². The Labute approximate surface area is 170 Å². The molecule has 1 aliphatic rings. The largest absolute Gasteiger partial charge is 0.337 e. The van der Waals surface area contributed by atoms with E-state index in [1.807, 2.05) is 9.47 Å². The maximum absolute atomic E-state index is 14.3. The number of rotatable bonds is 6. The van der Waals surface area contributed by atoms with Crippen molar-refractivity contribution in [3.8, 4) is 11.4 Å². The van der Waals surface area contributed by atoms with E-state index >= 15 is 0 Å². The Kier molecular flexibility index (Phi) is 6.75. The molecule has 1 amide bonds. The van der Waals surface area contributed by atoms with Crippen molar-refractivity contribution in [2.24, 2.45) is 5.92 Å². The van der Waals surface area contributed by atoms with Gasteiger partial charge in [0.15, 0.2) is 11.0 Å². The summed E-state index contributed by atoms with van der Waals surface area (Å²) in [6, 6.07) is 7.16. The second kappa shape index (κ2) is 9.07. The standard InChI is InChI=1S/C21H29FN4OS/c1-14(2)12-25-20(17-10-5-6-11-18(17)22)23-24-21(25)28-13-19(27)26-15(3)8-7-9-16(26)4/h5-6,10-11,14-16H,7-9,12-13H2,1-4H3. The lowest BCUT2D eigenvalue weighted by molar-refractivity contribution is -0.134. The second-order valence-corrected chi connectivity index (χ2v) is 8.95. The molecule has 0 saturated carbocycles. The summed E-state index contributed by atoms with van der Waals surface area (Å²) in [6.07, 6.45) is 3.29. The Morgan fingerprint density at radius 3 is 2.54 bits per heavy atom. The summed E-state index contributed by atoms with van der Waals surface area (Å²) in [5.41, 5.74) is 0.437. The predicted molar refractivity (Wildman–Crippen MR) is 111 cm³/mol.